The fourth-order valence-corrected chi connectivity index (χ4v) is 2.46. The highest BCUT2D eigenvalue weighted by atomic mass is 35.5. The van der Waals surface area contributed by atoms with Crippen LogP contribution >= 0.6 is 11.6 Å². The Morgan fingerprint density at radius 3 is 3.00 bits per heavy atom. The molecule has 0 saturated heterocycles. The molecule has 19 heavy (non-hydrogen) atoms. The second kappa shape index (κ2) is 6.78. The minimum Gasteiger partial charge on any atom is -0.492 e. The Balaban J connectivity index is 1.68. The molecule has 1 amide bonds. The van der Waals surface area contributed by atoms with Crippen molar-refractivity contribution in [2.75, 3.05) is 13.2 Å². The lowest BCUT2D eigenvalue weighted by molar-refractivity contribution is -0.127. The third-order valence-corrected chi connectivity index (χ3v) is 3.52. The summed E-state index contributed by atoms with van der Waals surface area (Å²) in [6.07, 6.45) is 1.91. The molecule has 104 valence electrons. The van der Waals surface area contributed by atoms with E-state index in [1.54, 1.807) is 12.1 Å². The van der Waals surface area contributed by atoms with Gasteiger partial charge in [0.2, 0.25) is 5.91 Å². The average Bonchev–Trinajstić information content (AvgIpc) is 2.81. The molecule has 2 rings (SSSR count). The van der Waals surface area contributed by atoms with Crippen molar-refractivity contribution in [3.05, 3.63) is 29.3 Å². The Kier molecular flexibility index (Phi) is 5.05. The summed E-state index contributed by atoms with van der Waals surface area (Å²) in [6.45, 7) is 0.809. The van der Waals surface area contributed by atoms with Crippen molar-refractivity contribution in [2.45, 2.75) is 25.4 Å². The highest BCUT2D eigenvalue weighted by Crippen LogP contribution is 2.25. The molecule has 0 aromatic heterocycles. The van der Waals surface area contributed by atoms with Crippen molar-refractivity contribution in [3.63, 3.8) is 0 Å². The lowest BCUT2D eigenvalue weighted by atomic mass is 10.1. The lowest BCUT2D eigenvalue weighted by Crippen LogP contribution is -2.36. The number of aliphatic hydroxyl groups excluding tert-OH is 1. The largest absolute Gasteiger partial charge is 0.492 e. The molecule has 1 aromatic rings. The first-order chi connectivity index (χ1) is 9.16. The van der Waals surface area contributed by atoms with Crippen LogP contribution in [-0.4, -0.2) is 30.3 Å². The molecule has 1 fully saturated rings. The van der Waals surface area contributed by atoms with E-state index in [4.69, 9.17) is 16.3 Å². The maximum Gasteiger partial charge on any atom is 0.225 e. The van der Waals surface area contributed by atoms with Gasteiger partial charge in [-0.3, -0.25) is 4.79 Å². The molecule has 2 N–H and O–H groups in total. The molecular weight excluding hydrogens is 266 g/mol. The Hall–Kier alpha value is -1.26. The van der Waals surface area contributed by atoms with Crippen LogP contribution in [0, 0.1) is 5.92 Å². The van der Waals surface area contributed by atoms with Gasteiger partial charge in [-0.15, -0.1) is 0 Å². The van der Waals surface area contributed by atoms with E-state index in [0.717, 1.165) is 19.3 Å². The van der Waals surface area contributed by atoms with Gasteiger partial charge in [-0.2, -0.15) is 0 Å². The number of aliphatic hydroxyl groups is 1. The fourth-order valence-electron chi connectivity index (χ4n) is 2.28. The van der Waals surface area contributed by atoms with Gasteiger partial charge in [0.25, 0.3) is 0 Å². The third kappa shape index (κ3) is 4.11. The van der Waals surface area contributed by atoms with Gasteiger partial charge in [0.15, 0.2) is 0 Å². The van der Waals surface area contributed by atoms with Gasteiger partial charge in [0.05, 0.1) is 18.6 Å². The zero-order valence-electron chi connectivity index (χ0n) is 10.6. The quantitative estimate of drug-likeness (QED) is 0.813. The molecule has 0 radical (unpaired) electrons. The number of halogens is 1. The number of hydrogen-bond donors (Lipinski definition) is 2. The molecule has 0 spiro atoms. The monoisotopic (exact) mass is 283 g/mol. The Morgan fingerprint density at radius 2 is 2.32 bits per heavy atom. The number of amides is 1. The van der Waals surface area contributed by atoms with Gasteiger partial charge in [0, 0.05) is 5.02 Å². The van der Waals surface area contributed by atoms with Gasteiger partial charge >= 0.3 is 0 Å². The van der Waals surface area contributed by atoms with E-state index in [0.29, 0.717) is 23.9 Å². The Bertz CT molecular complexity index is 438. The Labute approximate surface area is 117 Å². The van der Waals surface area contributed by atoms with Crippen LogP contribution in [0.5, 0.6) is 5.75 Å². The topological polar surface area (TPSA) is 58.6 Å². The molecule has 1 aliphatic rings. The van der Waals surface area contributed by atoms with Crippen LogP contribution in [0.3, 0.4) is 0 Å². The summed E-state index contributed by atoms with van der Waals surface area (Å²) in [4.78, 5) is 11.8. The van der Waals surface area contributed by atoms with Crippen LogP contribution in [0.1, 0.15) is 19.3 Å². The first kappa shape index (κ1) is 14.2. The average molecular weight is 284 g/mol. The second-order valence-electron chi connectivity index (χ2n) is 4.70. The number of hydrogen-bond acceptors (Lipinski definition) is 3. The molecule has 0 heterocycles. The van der Waals surface area contributed by atoms with E-state index in [1.165, 1.54) is 0 Å². The van der Waals surface area contributed by atoms with E-state index in [1.807, 2.05) is 12.1 Å². The van der Waals surface area contributed by atoms with Crippen molar-refractivity contribution in [3.8, 4) is 5.75 Å². The van der Waals surface area contributed by atoms with Crippen LogP contribution in [0.25, 0.3) is 0 Å². The second-order valence-corrected chi connectivity index (χ2v) is 5.14. The smallest absolute Gasteiger partial charge is 0.225 e. The van der Waals surface area contributed by atoms with Crippen LogP contribution in [0.4, 0.5) is 0 Å². The normalized spacial score (nSPS) is 22.2. The number of carbonyl (C=O) groups is 1. The molecule has 4 nitrogen and oxygen atoms in total. The van der Waals surface area contributed by atoms with E-state index in [9.17, 15) is 9.90 Å². The van der Waals surface area contributed by atoms with Crippen molar-refractivity contribution >= 4 is 17.5 Å². The van der Waals surface area contributed by atoms with Crippen LogP contribution in [-0.2, 0) is 4.79 Å². The number of benzene rings is 1. The summed E-state index contributed by atoms with van der Waals surface area (Å²) < 4.78 is 5.47. The molecule has 1 aliphatic carbocycles. The predicted molar refractivity (Wildman–Crippen MR) is 73.3 cm³/mol. The summed E-state index contributed by atoms with van der Waals surface area (Å²) in [5.74, 6) is 0.341. The number of carbonyl (C=O) groups excluding carboxylic acids is 1. The Morgan fingerprint density at radius 1 is 1.47 bits per heavy atom. The molecular formula is C14H18ClNO3. The van der Waals surface area contributed by atoms with E-state index in [-0.39, 0.29) is 11.8 Å². The van der Waals surface area contributed by atoms with Crippen LogP contribution in [0.15, 0.2) is 24.3 Å². The number of ether oxygens (including phenoxy) is 1. The van der Waals surface area contributed by atoms with E-state index >= 15 is 0 Å². The first-order valence-electron chi connectivity index (χ1n) is 6.51. The highest BCUT2D eigenvalue weighted by molar-refractivity contribution is 6.30. The van der Waals surface area contributed by atoms with Crippen molar-refractivity contribution in [2.24, 2.45) is 5.92 Å². The molecule has 1 aromatic carbocycles. The number of rotatable bonds is 5. The van der Waals surface area contributed by atoms with Crippen LogP contribution in [0.2, 0.25) is 5.02 Å². The lowest BCUT2D eigenvalue weighted by Gasteiger charge is -2.14. The van der Waals surface area contributed by atoms with E-state index < -0.39 is 6.10 Å². The SMILES string of the molecule is O=C(NCCOc1cccc(Cl)c1)C1CCCC1O. The summed E-state index contributed by atoms with van der Waals surface area (Å²) in [7, 11) is 0. The summed E-state index contributed by atoms with van der Waals surface area (Å²) in [5.41, 5.74) is 0. The minimum atomic E-state index is -0.492. The van der Waals surface area contributed by atoms with Crippen LogP contribution < -0.4 is 10.1 Å². The van der Waals surface area contributed by atoms with Crippen molar-refractivity contribution < 1.29 is 14.6 Å². The summed E-state index contributed by atoms with van der Waals surface area (Å²) >= 11 is 5.83. The minimum absolute atomic E-state index is 0.0836. The maximum atomic E-state index is 11.8. The molecule has 2 unspecified atom stereocenters. The maximum absolute atomic E-state index is 11.8. The molecule has 2 atom stereocenters. The van der Waals surface area contributed by atoms with Gasteiger partial charge in [0.1, 0.15) is 12.4 Å². The third-order valence-electron chi connectivity index (χ3n) is 3.28. The van der Waals surface area contributed by atoms with Gasteiger partial charge in [-0.05, 0) is 37.5 Å². The number of nitrogens with one attached hydrogen (secondary N) is 1. The first-order valence-corrected chi connectivity index (χ1v) is 6.89. The van der Waals surface area contributed by atoms with Crippen molar-refractivity contribution in [1.82, 2.24) is 5.32 Å². The van der Waals surface area contributed by atoms with Gasteiger partial charge < -0.3 is 15.2 Å². The zero-order valence-corrected chi connectivity index (χ0v) is 11.4. The van der Waals surface area contributed by atoms with Gasteiger partial charge in [-0.25, -0.2) is 0 Å². The molecule has 5 heteroatoms. The summed E-state index contributed by atoms with van der Waals surface area (Å²) in [6, 6.07) is 7.13. The predicted octanol–water partition coefficient (Wildman–Crippen LogP) is 2.00. The summed E-state index contributed by atoms with van der Waals surface area (Å²) in [5, 5.41) is 13.0. The molecule has 0 aliphatic heterocycles. The fraction of sp³-hybridized carbons (Fsp3) is 0.500. The zero-order chi connectivity index (χ0) is 13.7. The molecule has 1 saturated carbocycles. The van der Waals surface area contributed by atoms with Crippen molar-refractivity contribution in [1.29, 1.82) is 0 Å². The van der Waals surface area contributed by atoms with E-state index in [2.05, 4.69) is 5.32 Å². The standard InChI is InChI=1S/C14H18ClNO3/c15-10-3-1-4-11(9-10)19-8-7-16-14(18)12-5-2-6-13(12)17/h1,3-4,9,12-13,17H,2,5-8H2,(H,16,18). The van der Waals surface area contributed by atoms with Gasteiger partial charge in [-0.1, -0.05) is 17.7 Å². The molecule has 0 bridgehead atoms. The highest BCUT2D eigenvalue weighted by Gasteiger charge is 2.30.